The fraction of sp³-hybridized carbons (Fsp3) is 1.00. The number of aliphatic hydroxyl groups excluding tert-OH is 3. The van der Waals surface area contributed by atoms with Crippen molar-refractivity contribution in [3.63, 3.8) is 0 Å². The van der Waals surface area contributed by atoms with Crippen LogP contribution in [0.3, 0.4) is 0 Å². The molecule has 4 aliphatic carbocycles. The summed E-state index contributed by atoms with van der Waals surface area (Å²) in [6.45, 7) is 9.45. The van der Waals surface area contributed by atoms with Gasteiger partial charge in [0.1, 0.15) is 0 Å². The highest BCUT2D eigenvalue weighted by Gasteiger charge is 2.65. The maximum Gasteiger partial charge on any atom is 0.0602 e. The Kier molecular flexibility index (Phi) is 5.69. The maximum absolute atomic E-state index is 11.5. The number of unbranched alkanes of at least 4 members (excludes halogenated alkanes) is 1. The molecule has 0 radical (unpaired) electrons. The van der Waals surface area contributed by atoms with Crippen LogP contribution in [-0.2, 0) is 0 Å². The van der Waals surface area contributed by atoms with Crippen molar-refractivity contribution in [2.45, 2.75) is 110 Å². The molecule has 0 spiro atoms. The molecule has 0 aromatic carbocycles. The summed E-state index contributed by atoms with van der Waals surface area (Å²) in [6.07, 6.45) is 9.99. The Bertz CT molecular complexity index is 564. The molecular formula is C25H44O3. The molecule has 0 aromatic heterocycles. The minimum atomic E-state index is -0.255. The minimum absolute atomic E-state index is 0.0350. The van der Waals surface area contributed by atoms with Gasteiger partial charge in [-0.25, -0.2) is 0 Å². The highest BCUT2D eigenvalue weighted by Crippen LogP contribution is 2.68. The third-order valence-corrected chi connectivity index (χ3v) is 10.5. The first-order valence-corrected chi connectivity index (χ1v) is 12.3. The van der Waals surface area contributed by atoms with Gasteiger partial charge in [0.05, 0.1) is 18.3 Å². The molecule has 4 rings (SSSR count). The Hall–Kier alpha value is -0.120. The van der Waals surface area contributed by atoms with Gasteiger partial charge in [0, 0.05) is 0 Å². The molecule has 0 amide bonds. The smallest absolute Gasteiger partial charge is 0.0602 e. The number of hydrogen-bond donors (Lipinski definition) is 3. The zero-order valence-corrected chi connectivity index (χ0v) is 18.6. The van der Waals surface area contributed by atoms with Crippen LogP contribution < -0.4 is 0 Å². The topological polar surface area (TPSA) is 60.7 Å². The molecule has 3 unspecified atom stereocenters. The summed E-state index contributed by atoms with van der Waals surface area (Å²) < 4.78 is 0. The van der Waals surface area contributed by atoms with Gasteiger partial charge in [-0.3, -0.25) is 0 Å². The lowest BCUT2D eigenvalue weighted by atomic mass is 9.43. The Morgan fingerprint density at radius 2 is 1.71 bits per heavy atom. The van der Waals surface area contributed by atoms with E-state index in [1.807, 2.05) is 0 Å². The molecule has 0 saturated heterocycles. The van der Waals surface area contributed by atoms with Crippen LogP contribution in [-0.4, -0.2) is 33.6 Å². The Morgan fingerprint density at radius 3 is 2.43 bits per heavy atom. The molecular weight excluding hydrogens is 348 g/mol. The second-order valence-electron chi connectivity index (χ2n) is 11.6. The van der Waals surface area contributed by atoms with E-state index in [-0.39, 0.29) is 29.1 Å². The van der Waals surface area contributed by atoms with Gasteiger partial charge < -0.3 is 15.3 Å². The van der Waals surface area contributed by atoms with E-state index in [9.17, 15) is 15.3 Å². The summed E-state index contributed by atoms with van der Waals surface area (Å²) in [5, 5.41) is 33.1. The van der Waals surface area contributed by atoms with Crippen LogP contribution in [0.15, 0.2) is 0 Å². The molecule has 0 heterocycles. The first kappa shape index (κ1) is 21.1. The van der Waals surface area contributed by atoms with Crippen molar-refractivity contribution in [1.82, 2.24) is 0 Å². The second kappa shape index (κ2) is 7.54. The molecule has 11 atom stereocenters. The van der Waals surface area contributed by atoms with Gasteiger partial charge in [-0.05, 0) is 91.3 Å². The molecule has 0 aliphatic heterocycles. The standard InChI is InChI=1S/C25H44O3/c1-5-6-7-15(2)18-8-9-19-23-20(14-22(28)25(18,19)4)24(3)11-10-17(26)12-16(24)13-21(23)27/h15-23,26-28H,5-14H2,1-4H3/t15-,16?,17-,18-,19+,20+,21?,22+,23?,24+,25-/m1/s1. The lowest BCUT2D eigenvalue weighted by Crippen LogP contribution is -2.62. The van der Waals surface area contributed by atoms with Gasteiger partial charge in [0.15, 0.2) is 0 Å². The lowest BCUT2D eigenvalue weighted by Gasteiger charge is -2.63. The largest absolute Gasteiger partial charge is 0.393 e. The first-order valence-electron chi connectivity index (χ1n) is 12.3. The molecule has 4 fully saturated rings. The predicted octanol–water partition coefficient (Wildman–Crippen LogP) is 4.77. The van der Waals surface area contributed by atoms with Crippen LogP contribution >= 0.6 is 0 Å². The molecule has 4 aliphatic rings. The maximum atomic E-state index is 11.5. The third kappa shape index (κ3) is 3.02. The molecule has 3 nitrogen and oxygen atoms in total. The summed E-state index contributed by atoms with van der Waals surface area (Å²) >= 11 is 0. The van der Waals surface area contributed by atoms with Crippen molar-refractivity contribution in [3.05, 3.63) is 0 Å². The van der Waals surface area contributed by atoms with Crippen LogP contribution in [0.4, 0.5) is 0 Å². The van der Waals surface area contributed by atoms with E-state index in [4.69, 9.17) is 0 Å². The van der Waals surface area contributed by atoms with Crippen molar-refractivity contribution in [2.75, 3.05) is 0 Å². The van der Waals surface area contributed by atoms with E-state index < -0.39 is 0 Å². The Morgan fingerprint density at radius 1 is 0.964 bits per heavy atom. The van der Waals surface area contributed by atoms with Crippen LogP contribution in [0, 0.1) is 46.3 Å². The van der Waals surface area contributed by atoms with E-state index in [2.05, 4.69) is 27.7 Å². The quantitative estimate of drug-likeness (QED) is 0.645. The molecule has 28 heavy (non-hydrogen) atoms. The van der Waals surface area contributed by atoms with Crippen LogP contribution in [0.25, 0.3) is 0 Å². The van der Waals surface area contributed by atoms with Gasteiger partial charge in [-0.15, -0.1) is 0 Å². The van der Waals surface area contributed by atoms with E-state index >= 15 is 0 Å². The van der Waals surface area contributed by atoms with E-state index in [0.29, 0.717) is 35.5 Å². The van der Waals surface area contributed by atoms with E-state index in [1.165, 1.54) is 32.1 Å². The number of hydrogen-bond acceptors (Lipinski definition) is 3. The minimum Gasteiger partial charge on any atom is -0.393 e. The van der Waals surface area contributed by atoms with Crippen molar-refractivity contribution in [2.24, 2.45) is 46.3 Å². The number of aliphatic hydroxyl groups is 3. The van der Waals surface area contributed by atoms with E-state index in [0.717, 1.165) is 32.1 Å². The molecule has 0 bridgehead atoms. The molecule has 4 saturated carbocycles. The van der Waals surface area contributed by atoms with Crippen molar-refractivity contribution in [3.8, 4) is 0 Å². The second-order valence-corrected chi connectivity index (χ2v) is 11.6. The van der Waals surface area contributed by atoms with Gasteiger partial charge in [-0.1, -0.05) is 47.0 Å². The number of rotatable bonds is 4. The summed E-state index contributed by atoms with van der Waals surface area (Å²) in [5.74, 6) is 2.86. The zero-order valence-electron chi connectivity index (χ0n) is 18.6. The molecule has 162 valence electrons. The summed E-state index contributed by atoms with van der Waals surface area (Å²) in [6, 6.07) is 0. The average molecular weight is 393 g/mol. The van der Waals surface area contributed by atoms with Gasteiger partial charge in [-0.2, -0.15) is 0 Å². The third-order valence-electron chi connectivity index (χ3n) is 10.5. The summed E-state index contributed by atoms with van der Waals surface area (Å²) in [4.78, 5) is 0. The molecule has 3 heteroatoms. The monoisotopic (exact) mass is 392 g/mol. The Labute approximate surface area is 172 Å². The molecule has 0 aromatic rings. The predicted molar refractivity (Wildman–Crippen MR) is 113 cm³/mol. The molecule has 3 N–H and O–H groups in total. The van der Waals surface area contributed by atoms with Gasteiger partial charge in [0.2, 0.25) is 0 Å². The first-order chi connectivity index (χ1) is 13.2. The van der Waals surface area contributed by atoms with Gasteiger partial charge >= 0.3 is 0 Å². The summed E-state index contributed by atoms with van der Waals surface area (Å²) in [7, 11) is 0. The normalized spacial score (nSPS) is 54.5. The van der Waals surface area contributed by atoms with Crippen molar-refractivity contribution < 1.29 is 15.3 Å². The van der Waals surface area contributed by atoms with Crippen LogP contribution in [0.2, 0.25) is 0 Å². The van der Waals surface area contributed by atoms with E-state index in [1.54, 1.807) is 0 Å². The van der Waals surface area contributed by atoms with Crippen LogP contribution in [0.5, 0.6) is 0 Å². The fourth-order valence-electron chi connectivity index (χ4n) is 8.86. The van der Waals surface area contributed by atoms with Crippen molar-refractivity contribution in [1.29, 1.82) is 0 Å². The van der Waals surface area contributed by atoms with Crippen molar-refractivity contribution >= 4 is 0 Å². The average Bonchev–Trinajstić information content (AvgIpc) is 3.01. The zero-order chi connectivity index (χ0) is 20.3. The Balaban J connectivity index is 1.62. The highest BCUT2D eigenvalue weighted by atomic mass is 16.3. The SMILES string of the molecule is CCCC[C@@H](C)[C@H]1CC[C@H]2C3C(O)CC4C[C@H](O)CC[C@]4(C)[C@H]3C[C@H](O)[C@]12C. The highest BCUT2D eigenvalue weighted by molar-refractivity contribution is 5.14. The number of fused-ring (bicyclic) bond motifs is 5. The summed E-state index contributed by atoms with van der Waals surface area (Å²) in [5.41, 5.74) is 0.143. The van der Waals surface area contributed by atoms with Gasteiger partial charge in [0.25, 0.3) is 0 Å². The van der Waals surface area contributed by atoms with Crippen LogP contribution in [0.1, 0.15) is 91.9 Å². The fourth-order valence-corrected chi connectivity index (χ4v) is 8.86. The lowest BCUT2D eigenvalue weighted by molar-refractivity contribution is -0.207.